The molecule has 0 saturated carbocycles. The molecule has 2 aliphatic heterocycles. The van der Waals surface area contributed by atoms with Crippen LogP contribution in [0.15, 0.2) is 48.5 Å². The molecule has 2 amide bonds. The van der Waals surface area contributed by atoms with Crippen molar-refractivity contribution in [1.29, 1.82) is 0 Å². The largest absolute Gasteiger partial charge is 0.493 e. The van der Waals surface area contributed by atoms with E-state index in [0.717, 1.165) is 19.2 Å². The Bertz CT molecular complexity index is 1100. The molecule has 2 saturated heterocycles. The van der Waals surface area contributed by atoms with Crippen molar-refractivity contribution in [2.24, 2.45) is 5.41 Å². The highest BCUT2D eigenvalue weighted by atomic mass is 35.5. The van der Waals surface area contributed by atoms with Crippen LogP contribution in [0, 0.1) is 5.41 Å². The fourth-order valence-corrected chi connectivity index (χ4v) is 5.16. The molecule has 1 atom stereocenters. The monoisotopic (exact) mass is 537 g/mol. The second kappa shape index (κ2) is 11.3. The predicted octanol–water partition coefficient (Wildman–Crippen LogP) is 4.82. The van der Waals surface area contributed by atoms with Crippen molar-refractivity contribution >= 4 is 23.4 Å². The number of halogens is 4. The van der Waals surface area contributed by atoms with Gasteiger partial charge in [0.25, 0.3) is 5.91 Å². The Balaban J connectivity index is 1.57. The summed E-state index contributed by atoms with van der Waals surface area (Å²) in [5.41, 5.74) is -2.07. The molecule has 10 heteroatoms. The molecule has 0 aromatic heterocycles. The standard InChI is InChI=1S/C27H31ClF3N3O3/c1-32-13-15-33(16-14-32)24(35)17-26(19-37-21-9-7-20(28)8-10-21)11-4-12-34(18-26)25(36)22-5-2-3-6-23(22)27(29,30)31/h2-3,5-10H,4,11-19H2,1H3/t26-/m0/s1. The predicted molar refractivity (Wildman–Crippen MR) is 135 cm³/mol. The van der Waals surface area contributed by atoms with Crippen LogP contribution < -0.4 is 4.74 Å². The minimum Gasteiger partial charge on any atom is -0.493 e. The summed E-state index contributed by atoms with van der Waals surface area (Å²) in [4.78, 5) is 32.1. The third kappa shape index (κ3) is 6.76. The summed E-state index contributed by atoms with van der Waals surface area (Å²) in [7, 11) is 2.01. The quantitative estimate of drug-likeness (QED) is 0.530. The molecule has 0 unspecified atom stereocenters. The molecular weight excluding hydrogens is 507 g/mol. The zero-order chi connectivity index (χ0) is 26.6. The Labute approximate surface area is 219 Å². The number of likely N-dealkylation sites (N-methyl/N-ethyl adjacent to an activating group) is 1. The lowest BCUT2D eigenvalue weighted by atomic mass is 9.77. The van der Waals surface area contributed by atoms with Crippen molar-refractivity contribution in [3.05, 3.63) is 64.7 Å². The van der Waals surface area contributed by atoms with Gasteiger partial charge in [0.1, 0.15) is 5.75 Å². The van der Waals surface area contributed by atoms with Crippen LogP contribution in [0.25, 0.3) is 0 Å². The number of rotatable bonds is 6. The van der Waals surface area contributed by atoms with Gasteiger partial charge in [-0.15, -0.1) is 0 Å². The SMILES string of the molecule is CN1CCN(C(=O)C[C@@]2(COc3ccc(Cl)cc3)CCCN(C(=O)c3ccccc3C(F)(F)F)C2)CC1. The summed E-state index contributed by atoms with van der Waals surface area (Å²) in [6.45, 7) is 3.38. The second-order valence-corrected chi connectivity index (χ2v) is 10.4. The van der Waals surface area contributed by atoms with Crippen LogP contribution in [0.5, 0.6) is 5.75 Å². The summed E-state index contributed by atoms with van der Waals surface area (Å²) >= 11 is 5.98. The van der Waals surface area contributed by atoms with E-state index in [9.17, 15) is 22.8 Å². The highest BCUT2D eigenvalue weighted by Gasteiger charge is 2.43. The zero-order valence-corrected chi connectivity index (χ0v) is 21.5. The topological polar surface area (TPSA) is 53.1 Å². The van der Waals surface area contributed by atoms with Gasteiger partial charge in [-0.3, -0.25) is 9.59 Å². The van der Waals surface area contributed by atoms with Crippen molar-refractivity contribution in [1.82, 2.24) is 14.7 Å². The fourth-order valence-electron chi connectivity index (χ4n) is 5.04. The van der Waals surface area contributed by atoms with E-state index in [-0.39, 0.29) is 31.0 Å². The van der Waals surface area contributed by atoms with E-state index in [4.69, 9.17) is 16.3 Å². The lowest BCUT2D eigenvalue weighted by Gasteiger charge is -2.43. The lowest BCUT2D eigenvalue weighted by Crippen LogP contribution is -2.53. The van der Waals surface area contributed by atoms with E-state index in [2.05, 4.69) is 4.90 Å². The first kappa shape index (κ1) is 27.3. The average Bonchev–Trinajstić information content (AvgIpc) is 2.88. The molecule has 2 heterocycles. The van der Waals surface area contributed by atoms with Crippen LogP contribution in [0.4, 0.5) is 13.2 Å². The number of piperazine rings is 1. The molecule has 0 N–H and O–H groups in total. The molecule has 2 fully saturated rings. The summed E-state index contributed by atoms with van der Waals surface area (Å²) in [6.07, 6.45) is -3.33. The van der Waals surface area contributed by atoms with E-state index in [1.54, 1.807) is 24.3 Å². The second-order valence-electron chi connectivity index (χ2n) is 9.98. The maximum absolute atomic E-state index is 13.6. The number of carbonyl (C=O) groups is 2. The molecule has 0 radical (unpaired) electrons. The molecule has 200 valence electrons. The van der Waals surface area contributed by atoms with Crippen LogP contribution in [-0.4, -0.2) is 79.4 Å². The summed E-state index contributed by atoms with van der Waals surface area (Å²) in [5.74, 6) is -0.143. The first-order valence-electron chi connectivity index (χ1n) is 12.4. The van der Waals surface area contributed by atoms with Crippen molar-refractivity contribution in [2.45, 2.75) is 25.4 Å². The summed E-state index contributed by atoms with van der Waals surface area (Å²) in [5, 5.41) is 0.560. The third-order valence-corrected chi connectivity index (χ3v) is 7.40. The van der Waals surface area contributed by atoms with Crippen LogP contribution in [0.3, 0.4) is 0 Å². The van der Waals surface area contributed by atoms with Crippen LogP contribution >= 0.6 is 11.6 Å². The Morgan fingerprint density at radius 1 is 0.973 bits per heavy atom. The number of carbonyl (C=O) groups excluding carboxylic acids is 2. The minimum absolute atomic E-state index is 0.0298. The number of piperidine rings is 1. The van der Waals surface area contributed by atoms with E-state index >= 15 is 0 Å². The van der Waals surface area contributed by atoms with Crippen LogP contribution in [0.2, 0.25) is 5.02 Å². The highest BCUT2D eigenvalue weighted by Crippen LogP contribution is 2.38. The van der Waals surface area contributed by atoms with Gasteiger partial charge in [-0.25, -0.2) is 0 Å². The zero-order valence-electron chi connectivity index (χ0n) is 20.8. The van der Waals surface area contributed by atoms with Crippen molar-refractivity contribution in [2.75, 3.05) is 52.9 Å². The first-order valence-corrected chi connectivity index (χ1v) is 12.7. The minimum atomic E-state index is -4.64. The summed E-state index contributed by atoms with van der Waals surface area (Å²) in [6, 6.07) is 11.7. The number of alkyl halides is 3. The third-order valence-electron chi connectivity index (χ3n) is 7.15. The van der Waals surface area contributed by atoms with Crippen LogP contribution in [0.1, 0.15) is 35.2 Å². The van der Waals surface area contributed by atoms with Gasteiger partial charge in [0.2, 0.25) is 5.91 Å². The fraction of sp³-hybridized carbons (Fsp3) is 0.481. The molecule has 2 aliphatic rings. The Morgan fingerprint density at radius 2 is 1.65 bits per heavy atom. The molecule has 4 rings (SSSR count). The number of hydrogen-bond acceptors (Lipinski definition) is 4. The van der Waals surface area contributed by atoms with Gasteiger partial charge in [0.05, 0.1) is 17.7 Å². The average molecular weight is 538 g/mol. The number of amides is 2. The van der Waals surface area contributed by atoms with E-state index in [1.807, 2.05) is 11.9 Å². The van der Waals surface area contributed by atoms with Crippen LogP contribution in [-0.2, 0) is 11.0 Å². The van der Waals surface area contributed by atoms with Gasteiger partial charge in [-0.1, -0.05) is 23.7 Å². The number of hydrogen-bond donors (Lipinski definition) is 0. The number of benzene rings is 2. The van der Waals surface area contributed by atoms with Gasteiger partial charge in [0.15, 0.2) is 0 Å². The van der Waals surface area contributed by atoms with E-state index in [1.165, 1.54) is 23.1 Å². The number of likely N-dealkylation sites (tertiary alicyclic amines) is 1. The molecule has 2 aromatic rings. The molecule has 0 spiro atoms. The van der Waals surface area contributed by atoms with Crippen molar-refractivity contribution in [3.8, 4) is 5.75 Å². The lowest BCUT2D eigenvalue weighted by molar-refractivity contribution is -0.138. The molecule has 0 bridgehead atoms. The maximum Gasteiger partial charge on any atom is 0.417 e. The molecule has 2 aromatic carbocycles. The Hall–Kier alpha value is -2.78. The number of nitrogens with zero attached hydrogens (tertiary/aromatic N) is 3. The smallest absolute Gasteiger partial charge is 0.417 e. The van der Waals surface area contributed by atoms with Gasteiger partial charge in [-0.05, 0) is 56.3 Å². The Kier molecular flexibility index (Phi) is 8.33. The normalized spacial score (nSPS) is 21.1. The van der Waals surface area contributed by atoms with Gasteiger partial charge in [0, 0.05) is 56.1 Å². The molecule has 6 nitrogen and oxygen atoms in total. The highest BCUT2D eigenvalue weighted by molar-refractivity contribution is 6.30. The van der Waals surface area contributed by atoms with Gasteiger partial charge < -0.3 is 19.4 Å². The maximum atomic E-state index is 13.6. The molecule has 37 heavy (non-hydrogen) atoms. The number of ether oxygens (including phenoxy) is 1. The molecular formula is C27H31ClF3N3O3. The van der Waals surface area contributed by atoms with Crippen molar-refractivity contribution < 1.29 is 27.5 Å². The van der Waals surface area contributed by atoms with Crippen molar-refractivity contribution in [3.63, 3.8) is 0 Å². The molecule has 0 aliphatic carbocycles. The van der Waals surface area contributed by atoms with E-state index < -0.39 is 23.1 Å². The summed E-state index contributed by atoms with van der Waals surface area (Å²) < 4.78 is 46.9. The Morgan fingerprint density at radius 3 is 2.32 bits per heavy atom. The first-order chi connectivity index (χ1) is 17.6. The van der Waals surface area contributed by atoms with Gasteiger partial charge >= 0.3 is 6.18 Å². The van der Waals surface area contributed by atoms with E-state index in [0.29, 0.717) is 43.2 Å². The van der Waals surface area contributed by atoms with Gasteiger partial charge in [-0.2, -0.15) is 13.2 Å².